The largest absolute Gasteiger partial charge is 0.478 e. The van der Waals surface area contributed by atoms with E-state index in [1.807, 2.05) is 11.4 Å². The fourth-order valence-electron chi connectivity index (χ4n) is 2.21. The minimum atomic E-state index is -0.966. The van der Waals surface area contributed by atoms with Crippen LogP contribution in [0, 0.1) is 0 Å². The van der Waals surface area contributed by atoms with E-state index >= 15 is 0 Å². The third-order valence-corrected chi connectivity index (χ3v) is 4.28. The van der Waals surface area contributed by atoms with Crippen molar-refractivity contribution in [2.75, 3.05) is 13.7 Å². The van der Waals surface area contributed by atoms with Crippen LogP contribution in [0.25, 0.3) is 6.08 Å². The summed E-state index contributed by atoms with van der Waals surface area (Å²) in [6, 6.07) is 1.90. The average molecular weight is 309 g/mol. The number of hydrogen-bond donors (Lipinski definition) is 1. The summed E-state index contributed by atoms with van der Waals surface area (Å²) in [5.74, 6) is -0.885. The first-order valence-electron chi connectivity index (χ1n) is 6.88. The molecular formula is C15H19NO4S. The van der Waals surface area contributed by atoms with Crippen molar-refractivity contribution in [1.29, 1.82) is 0 Å². The van der Waals surface area contributed by atoms with E-state index in [9.17, 15) is 9.59 Å². The van der Waals surface area contributed by atoms with Crippen LogP contribution in [0.4, 0.5) is 0 Å². The lowest BCUT2D eigenvalue weighted by molar-refractivity contribution is -0.133. The van der Waals surface area contributed by atoms with Crippen LogP contribution in [0.5, 0.6) is 0 Å². The molecule has 1 aliphatic heterocycles. The lowest BCUT2D eigenvalue weighted by atomic mass is 10.1. The van der Waals surface area contributed by atoms with E-state index in [-0.39, 0.29) is 12.0 Å². The molecule has 0 saturated carbocycles. The second-order valence-corrected chi connectivity index (χ2v) is 6.10. The Morgan fingerprint density at radius 3 is 3.05 bits per heavy atom. The highest BCUT2D eigenvalue weighted by Gasteiger charge is 2.21. The lowest BCUT2D eigenvalue weighted by Crippen LogP contribution is -2.29. The summed E-state index contributed by atoms with van der Waals surface area (Å²) < 4.78 is 5.47. The summed E-state index contributed by atoms with van der Waals surface area (Å²) in [5, 5.41) is 10.5. The number of carbonyl (C=O) groups excluding carboxylic acids is 1. The third kappa shape index (κ3) is 4.99. The Morgan fingerprint density at radius 1 is 1.57 bits per heavy atom. The van der Waals surface area contributed by atoms with E-state index in [4.69, 9.17) is 9.84 Å². The number of thiophene rings is 1. The van der Waals surface area contributed by atoms with Crippen LogP contribution >= 0.6 is 11.3 Å². The quantitative estimate of drug-likeness (QED) is 0.819. The normalized spacial score (nSPS) is 18.2. The molecule has 2 rings (SSSR count). The Hall–Kier alpha value is -1.66. The van der Waals surface area contributed by atoms with Gasteiger partial charge in [0, 0.05) is 24.6 Å². The summed E-state index contributed by atoms with van der Waals surface area (Å²) in [7, 11) is 1.78. The molecule has 1 unspecified atom stereocenters. The number of nitrogens with zero attached hydrogens (tertiary/aromatic N) is 1. The first kappa shape index (κ1) is 15.7. The van der Waals surface area contributed by atoms with Gasteiger partial charge >= 0.3 is 5.97 Å². The topological polar surface area (TPSA) is 66.8 Å². The van der Waals surface area contributed by atoms with Crippen molar-refractivity contribution in [2.45, 2.75) is 31.9 Å². The molecule has 6 heteroatoms. The summed E-state index contributed by atoms with van der Waals surface area (Å²) in [6.07, 6.45) is 5.16. The molecule has 0 bridgehead atoms. The Bertz CT molecular complexity index is 532. The molecule has 1 saturated heterocycles. The Labute approximate surface area is 127 Å². The molecule has 1 N–H and O–H groups in total. The molecule has 0 aromatic carbocycles. The summed E-state index contributed by atoms with van der Waals surface area (Å²) >= 11 is 1.52. The van der Waals surface area contributed by atoms with Crippen LogP contribution in [0.1, 0.15) is 29.7 Å². The van der Waals surface area contributed by atoms with Crippen molar-refractivity contribution in [3.05, 3.63) is 28.0 Å². The van der Waals surface area contributed by atoms with Crippen molar-refractivity contribution < 1.29 is 19.4 Å². The molecule has 1 fully saturated rings. The summed E-state index contributed by atoms with van der Waals surface area (Å²) in [5.41, 5.74) is 0.845. The molecule has 0 spiro atoms. The van der Waals surface area contributed by atoms with Gasteiger partial charge in [-0.2, -0.15) is 0 Å². The number of carboxylic acids is 1. The SMILES string of the molecule is CN(Cc1cc(C=CC(=O)O)cs1)C(=O)CC1CCCO1. The van der Waals surface area contributed by atoms with Gasteiger partial charge in [-0.25, -0.2) is 4.79 Å². The maximum Gasteiger partial charge on any atom is 0.328 e. The zero-order valence-corrected chi connectivity index (χ0v) is 12.8. The van der Waals surface area contributed by atoms with E-state index < -0.39 is 5.97 Å². The maximum atomic E-state index is 12.1. The number of carboxylic acid groups (broad SMARTS) is 1. The van der Waals surface area contributed by atoms with Gasteiger partial charge < -0.3 is 14.7 Å². The fourth-order valence-corrected chi connectivity index (χ4v) is 3.12. The van der Waals surface area contributed by atoms with Gasteiger partial charge in [-0.1, -0.05) is 0 Å². The maximum absolute atomic E-state index is 12.1. The van der Waals surface area contributed by atoms with Crippen LogP contribution in [0.2, 0.25) is 0 Å². The van der Waals surface area contributed by atoms with Crippen LogP contribution in [-0.2, 0) is 20.9 Å². The van der Waals surface area contributed by atoms with Gasteiger partial charge in [-0.15, -0.1) is 11.3 Å². The van der Waals surface area contributed by atoms with Crippen LogP contribution in [0.3, 0.4) is 0 Å². The molecule has 0 aliphatic carbocycles. The summed E-state index contributed by atoms with van der Waals surface area (Å²) in [4.78, 5) is 25.3. The number of aliphatic carboxylic acids is 1. The fraction of sp³-hybridized carbons (Fsp3) is 0.467. The molecule has 5 nitrogen and oxygen atoms in total. The van der Waals surface area contributed by atoms with E-state index in [0.29, 0.717) is 13.0 Å². The second-order valence-electron chi connectivity index (χ2n) is 5.11. The number of carbonyl (C=O) groups is 2. The third-order valence-electron chi connectivity index (χ3n) is 3.34. The molecule has 1 aromatic rings. The molecule has 1 amide bonds. The highest BCUT2D eigenvalue weighted by Crippen LogP contribution is 2.20. The highest BCUT2D eigenvalue weighted by atomic mass is 32.1. The zero-order valence-electron chi connectivity index (χ0n) is 11.9. The Kier molecular flexibility index (Phi) is 5.52. The van der Waals surface area contributed by atoms with Gasteiger partial charge in [0.2, 0.25) is 5.91 Å². The van der Waals surface area contributed by atoms with Gasteiger partial charge in [0.05, 0.1) is 19.1 Å². The first-order chi connectivity index (χ1) is 10.0. The monoisotopic (exact) mass is 309 g/mol. The van der Waals surface area contributed by atoms with Gasteiger partial charge in [0.1, 0.15) is 0 Å². The number of hydrogen-bond acceptors (Lipinski definition) is 4. The molecule has 1 aliphatic rings. The minimum Gasteiger partial charge on any atom is -0.478 e. The van der Waals surface area contributed by atoms with E-state index in [2.05, 4.69) is 0 Å². The molecule has 0 radical (unpaired) electrons. The molecular weight excluding hydrogens is 290 g/mol. The van der Waals surface area contributed by atoms with Crippen molar-refractivity contribution in [3.8, 4) is 0 Å². The Morgan fingerprint density at radius 2 is 2.38 bits per heavy atom. The van der Waals surface area contributed by atoms with Gasteiger partial charge in [0.25, 0.3) is 0 Å². The zero-order chi connectivity index (χ0) is 15.2. The number of rotatable bonds is 6. The average Bonchev–Trinajstić information content (AvgIpc) is 3.08. The van der Waals surface area contributed by atoms with Crippen LogP contribution in [-0.4, -0.2) is 41.6 Å². The Balaban J connectivity index is 1.85. The first-order valence-corrected chi connectivity index (χ1v) is 7.76. The smallest absolute Gasteiger partial charge is 0.328 e. The van der Waals surface area contributed by atoms with Crippen LogP contribution in [0.15, 0.2) is 17.5 Å². The highest BCUT2D eigenvalue weighted by molar-refractivity contribution is 7.10. The van der Waals surface area contributed by atoms with E-state index in [1.54, 1.807) is 18.0 Å². The van der Waals surface area contributed by atoms with E-state index in [1.165, 1.54) is 11.3 Å². The molecule has 1 aromatic heterocycles. The standard InChI is InChI=1S/C15H19NO4S/c1-16(14(17)8-12-3-2-6-20-12)9-13-7-11(10-21-13)4-5-15(18)19/h4-5,7,10,12H,2-3,6,8-9H2,1H3,(H,18,19). The van der Waals surface area contributed by atoms with Crippen LogP contribution < -0.4 is 0 Å². The lowest BCUT2D eigenvalue weighted by Gasteiger charge is -2.18. The summed E-state index contributed by atoms with van der Waals surface area (Å²) in [6.45, 7) is 1.29. The molecule has 114 valence electrons. The molecule has 21 heavy (non-hydrogen) atoms. The second kappa shape index (κ2) is 7.38. The molecule has 1 atom stereocenters. The molecule has 2 heterocycles. The van der Waals surface area contributed by atoms with Gasteiger partial charge in [-0.3, -0.25) is 4.79 Å². The van der Waals surface area contributed by atoms with Crippen molar-refractivity contribution in [3.63, 3.8) is 0 Å². The number of amides is 1. The minimum absolute atomic E-state index is 0.0670. The van der Waals surface area contributed by atoms with Crippen molar-refractivity contribution in [1.82, 2.24) is 4.90 Å². The van der Waals surface area contributed by atoms with Gasteiger partial charge in [-0.05, 0) is 35.9 Å². The van der Waals surface area contributed by atoms with Crippen molar-refractivity contribution in [2.24, 2.45) is 0 Å². The predicted molar refractivity (Wildman–Crippen MR) is 81.1 cm³/mol. The van der Waals surface area contributed by atoms with Gasteiger partial charge in [0.15, 0.2) is 0 Å². The van der Waals surface area contributed by atoms with E-state index in [0.717, 1.165) is 36.0 Å². The number of ether oxygens (including phenoxy) is 1. The van der Waals surface area contributed by atoms with Crippen molar-refractivity contribution >= 4 is 29.3 Å². The predicted octanol–water partition coefficient (Wildman–Crippen LogP) is 2.37.